The number of hydrogen-bond acceptors (Lipinski definition) is 2. The Hall–Kier alpha value is -5.86. The van der Waals surface area contributed by atoms with E-state index in [0.29, 0.717) is 0 Å². The Bertz CT molecular complexity index is 2450. The first-order valence-electron chi connectivity index (χ1n) is 16.3. The molecule has 1 aliphatic rings. The van der Waals surface area contributed by atoms with Gasteiger partial charge >= 0.3 is 0 Å². The van der Waals surface area contributed by atoms with Crippen molar-refractivity contribution in [3.05, 3.63) is 175 Å². The molecule has 1 aliphatic carbocycles. The second kappa shape index (κ2) is 10.6. The van der Waals surface area contributed by atoms with Crippen molar-refractivity contribution in [3.8, 4) is 33.4 Å². The van der Waals surface area contributed by atoms with Gasteiger partial charge < -0.3 is 9.32 Å². The fraction of sp³-hybridized carbons (Fsp3) is 0.0667. The summed E-state index contributed by atoms with van der Waals surface area (Å²) in [4.78, 5) is 2.50. The third-order valence-corrected chi connectivity index (χ3v) is 9.89. The topological polar surface area (TPSA) is 16.4 Å². The monoisotopic (exact) mass is 603 g/mol. The Kier molecular flexibility index (Phi) is 6.20. The zero-order valence-corrected chi connectivity index (χ0v) is 26.4. The Morgan fingerprint density at radius 1 is 0.426 bits per heavy atom. The van der Waals surface area contributed by atoms with Crippen LogP contribution in [0.15, 0.2) is 168 Å². The highest BCUT2D eigenvalue weighted by Gasteiger charge is 2.38. The smallest absolute Gasteiger partial charge is 0.136 e. The molecular formula is C45H33NO. The molecular weight excluding hydrogens is 571 g/mol. The molecule has 0 unspecified atom stereocenters. The minimum absolute atomic E-state index is 0.118. The predicted molar refractivity (Wildman–Crippen MR) is 197 cm³/mol. The number of hydrogen-bond donors (Lipinski definition) is 0. The molecule has 224 valence electrons. The molecule has 0 aliphatic heterocycles. The number of rotatable bonds is 5. The molecule has 8 aromatic rings. The van der Waals surface area contributed by atoms with E-state index in [1.807, 2.05) is 6.07 Å². The van der Waals surface area contributed by atoms with Gasteiger partial charge in [-0.15, -0.1) is 0 Å². The summed E-state index contributed by atoms with van der Waals surface area (Å²) in [5.74, 6) is 0. The maximum absolute atomic E-state index is 6.37. The molecule has 9 rings (SSSR count). The molecule has 1 aromatic heterocycles. The average Bonchev–Trinajstić information content (AvgIpc) is 3.62. The molecule has 0 saturated carbocycles. The lowest BCUT2D eigenvalue weighted by atomic mass is 9.82. The normalized spacial score (nSPS) is 13.1. The Labute approximate surface area is 275 Å². The van der Waals surface area contributed by atoms with E-state index in [9.17, 15) is 0 Å². The lowest BCUT2D eigenvalue weighted by Crippen LogP contribution is -2.16. The molecule has 2 heteroatoms. The summed E-state index contributed by atoms with van der Waals surface area (Å²) in [6.45, 7) is 4.70. The van der Waals surface area contributed by atoms with E-state index in [1.54, 1.807) is 0 Å². The number of anilines is 3. The van der Waals surface area contributed by atoms with Gasteiger partial charge in [-0.1, -0.05) is 147 Å². The van der Waals surface area contributed by atoms with Crippen LogP contribution in [0.5, 0.6) is 0 Å². The molecule has 0 amide bonds. The minimum atomic E-state index is -0.118. The van der Waals surface area contributed by atoms with E-state index in [0.717, 1.165) is 44.4 Å². The molecule has 0 bridgehead atoms. The number of fused-ring (bicyclic) bond motifs is 6. The van der Waals surface area contributed by atoms with Crippen LogP contribution in [0.4, 0.5) is 17.1 Å². The Morgan fingerprint density at radius 2 is 0.979 bits per heavy atom. The lowest BCUT2D eigenvalue weighted by Gasteiger charge is -2.32. The van der Waals surface area contributed by atoms with Gasteiger partial charge in [0.2, 0.25) is 0 Å². The number of furan rings is 1. The maximum Gasteiger partial charge on any atom is 0.136 e. The second-order valence-corrected chi connectivity index (χ2v) is 12.9. The van der Waals surface area contributed by atoms with Gasteiger partial charge in [-0.25, -0.2) is 0 Å². The van der Waals surface area contributed by atoms with E-state index < -0.39 is 0 Å². The van der Waals surface area contributed by atoms with E-state index in [-0.39, 0.29) is 5.41 Å². The molecule has 1 heterocycles. The average molecular weight is 604 g/mol. The van der Waals surface area contributed by atoms with Crippen LogP contribution in [-0.4, -0.2) is 0 Å². The number of para-hydroxylation sites is 3. The fourth-order valence-corrected chi connectivity index (χ4v) is 7.74. The van der Waals surface area contributed by atoms with Gasteiger partial charge in [0.25, 0.3) is 0 Å². The van der Waals surface area contributed by atoms with Crippen LogP contribution >= 0.6 is 0 Å². The molecule has 0 saturated heterocycles. The van der Waals surface area contributed by atoms with E-state index in [2.05, 4.69) is 176 Å². The van der Waals surface area contributed by atoms with Gasteiger partial charge in [0, 0.05) is 32.9 Å². The van der Waals surface area contributed by atoms with Crippen molar-refractivity contribution >= 4 is 39.0 Å². The van der Waals surface area contributed by atoms with Gasteiger partial charge in [0.05, 0.1) is 17.1 Å². The molecule has 0 radical (unpaired) electrons. The zero-order valence-electron chi connectivity index (χ0n) is 26.4. The van der Waals surface area contributed by atoms with Gasteiger partial charge in [0.15, 0.2) is 0 Å². The summed E-state index contributed by atoms with van der Waals surface area (Å²) in [5, 5.41) is 2.26. The van der Waals surface area contributed by atoms with Crippen molar-refractivity contribution < 1.29 is 4.42 Å². The third kappa shape index (κ3) is 4.18. The second-order valence-electron chi connectivity index (χ2n) is 12.9. The summed E-state index contributed by atoms with van der Waals surface area (Å²) < 4.78 is 6.37. The largest absolute Gasteiger partial charge is 0.456 e. The van der Waals surface area contributed by atoms with Crippen molar-refractivity contribution in [2.24, 2.45) is 0 Å². The number of nitrogens with zero attached hydrogens (tertiary/aromatic N) is 1. The highest BCUT2D eigenvalue weighted by molar-refractivity contribution is 6.14. The fourth-order valence-electron chi connectivity index (χ4n) is 7.74. The predicted octanol–water partition coefficient (Wildman–Crippen LogP) is 12.7. The molecule has 7 aromatic carbocycles. The van der Waals surface area contributed by atoms with Gasteiger partial charge in [-0.3, -0.25) is 0 Å². The van der Waals surface area contributed by atoms with Crippen molar-refractivity contribution in [1.29, 1.82) is 0 Å². The molecule has 0 spiro atoms. The minimum Gasteiger partial charge on any atom is -0.456 e. The number of benzene rings is 7. The summed E-state index contributed by atoms with van der Waals surface area (Å²) >= 11 is 0. The zero-order chi connectivity index (χ0) is 31.5. The van der Waals surface area contributed by atoms with Crippen LogP contribution in [0, 0.1) is 0 Å². The standard InChI is InChI=1S/C45H33NO/c1-45(2)36-23-10-6-20-34(36)44-37(45)24-15-27-40(44)46(38-25-11-7-18-31(38)30-16-4-3-5-17-30)39-26-12-8-19-32(39)33-22-14-29-42-43(33)35-21-9-13-28-41(35)47-42/h3-29H,1-2H3. The van der Waals surface area contributed by atoms with Crippen molar-refractivity contribution in [2.75, 3.05) is 4.90 Å². The maximum atomic E-state index is 6.37. The van der Waals surface area contributed by atoms with E-state index in [1.165, 1.54) is 39.1 Å². The third-order valence-electron chi connectivity index (χ3n) is 9.89. The summed E-state index contributed by atoms with van der Waals surface area (Å²) in [7, 11) is 0. The summed E-state index contributed by atoms with van der Waals surface area (Å²) in [6.07, 6.45) is 0. The van der Waals surface area contributed by atoms with E-state index in [4.69, 9.17) is 4.42 Å². The molecule has 0 N–H and O–H groups in total. The first kappa shape index (κ1) is 27.5. The van der Waals surface area contributed by atoms with Crippen molar-refractivity contribution in [1.82, 2.24) is 0 Å². The quantitative estimate of drug-likeness (QED) is 0.195. The summed E-state index contributed by atoms with van der Waals surface area (Å²) in [6, 6.07) is 58.9. The van der Waals surface area contributed by atoms with Crippen molar-refractivity contribution in [3.63, 3.8) is 0 Å². The molecule has 0 atom stereocenters. The highest BCUT2D eigenvalue weighted by Crippen LogP contribution is 2.56. The summed E-state index contributed by atoms with van der Waals surface area (Å²) in [5.41, 5.74) is 15.0. The van der Waals surface area contributed by atoms with Gasteiger partial charge in [-0.2, -0.15) is 0 Å². The lowest BCUT2D eigenvalue weighted by molar-refractivity contribution is 0.660. The molecule has 47 heavy (non-hydrogen) atoms. The highest BCUT2D eigenvalue weighted by atomic mass is 16.3. The van der Waals surface area contributed by atoms with Crippen LogP contribution in [0.3, 0.4) is 0 Å². The first-order chi connectivity index (χ1) is 23.1. The van der Waals surface area contributed by atoms with Gasteiger partial charge in [-0.05, 0) is 58.1 Å². The van der Waals surface area contributed by atoms with E-state index >= 15 is 0 Å². The van der Waals surface area contributed by atoms with Crippen LogP contribution in [0.2, 0.25) is 0 Å². The molecule has 2 nitrogen and oxygen atoms in total. The van der Waals surface area contributed by atoms with Crippen LogP contribution in [-0.2, 0) is 5.41 Å². The van der Waals surface area contributed by atoms with Crippen molar-refractivity contribution in [2.45, 2.75) is 19.3 Å². The molecule has 0 fully saturated rings. The van der Waals surface area contributed by atoms with Gasteiger partial charge in [0.1, 0.15) is 11.2 Å². The van der Waals surface area contributed by atoms with Crippen LogP contribution < -0.4 is 4.90 Å². The SMILES string of the molecule is CC1(C)c2ccccc2-c2c(N(c3ccccc3-c3ccccc3)c3ccccc3-c3cccc4oc5ccccc5c34)cccc21. The Morgan fingerprint density at radius 3 is 1.81 bits per heavy atom. The van der Waals surface area contributed by atoms with Crippen LogP contribution in [0.25, 0.3) is 55.3 Å². The van der Waals surface area contributed by atoms with Crippen LogP contribution in [0.1, 0.15) is 25.0 Å². The first-order valence-corrected chi connectivity index (χ1v) is 16.3. The Balaban J connectivity index is 1.39.